The van der Waals surface area contributed by atoms with Gasteiger partial charge in [-0.3, -0.25) is 0 Å². The third-order valence-electron chi connectivity index (χ3n) is 5.35. The van der Waals surface area contributed by atoms with Crippen molar-refractivity contribution < 1.29 is 23.4 Å². The van der Waals surface area contributed by atoms with Gasteiger partial charge in [0, 0.05) is 36.1 Å². The largest absolute Gasteiger partial charge is 0.477 e. The molecule has 1 saturated heterocycles. The summed E-state index contributed by atoms with van der Waals surface area (Å²) < 4.78 is 33.0. The molecule has 1 fully saturated rings. The second-order valence-corrected chi connectivity index (χ2v) is 7.60. The first-order valence-corrected chi connectivity index (χ1v) is 10.3. The fourth-order valence-electron chi connectivity index (χ4n) is 3.74. The van der Waals surface area contributed by atoms with Crippen molar-refractivity contribution >= 4 is 28.9 Å². The zero-order valence-electron chi connectivity index (χ0n) is 17.9. The molecule has 3 aromatic rings. The van der Waals surface area contributed by atoms with Crippen LogP contribution in [0.3, 0.4) is 0 Å². The zero-order valence-corrected chi connectivity index (χ0v) is 17.9. The summed E-state index contributed by atoms with van der Waals surface area (Å²) in [5.74, 6) is -2.87. The standard InChI is InChI=1S/C24H22F2N4O3/c1-14(27)22-18(15-2-5-17(6-3-15)30-8-10-33-11-9-30)13-21(24(31)32)29-23(22)28-20-7-4-16(25)12-19(20)26/h2-7,12-13,27H,8-11H2,1H3,(H,28,29)(H,31,32). The van der Waals surface area contributed by atoms with E-state index in [4.69, 9.17) is 10.1 Å². The number of ether oxygens (including phenoxy) is 1. The van der Waals surface area contributed by atoms with Gasteiger partial charge in [-0.05, 0) is 48.4 Å². The summed E-state index contributed by atoms with van der Waals surface area (Å²) in [5, 5.41) is 20.6. The van der Waals surface area contributed by atoms with E-state index in [1.807, 2.05) is 24.3 Å². The summed E-state index contributed by atoms with van der Waals surface area (Å²) in [6, 6.07) is 11.9. The number of nitrogens with zero attached hydrogens (tertiary/aromatic N) is 2. The Kier molecular flexibility index (Phi) is 6.32. The monoisotopic (exact) mass is 452 g/mol. The molecule has 0 radical (unpaired) electrons. The predicted molar refractivity (Wildman–Crippen MR) is 122 cm³/mol. The van der Waals surface area contributed by atoms with E-state index in [1.165, 1.54) is 19.1 Å². The summed E-state index contributed by atoms with van der Waals surface area (Å²) in [6.45, 7) is 4.40. The molecule has 0 aliphatic carbocycles. The molecule has 2 aromatic carbocycles. The van der Waals surface area contributed by atoms with Crippen molar-refractivity contribution in [1.82, 2.24) is 4.98 Å². The van der Waals surface area contributed by atoms with Crippen LogP contribution in [-0.4, -0.2) is 48.1 Å². The number of pyridine rings is 1. The lowest BCUT2D eigenvalue weighted by Gasteiger charge is -2.29. The zero-order chi connectivity index (χ0) is 23.5. The maximum atomic E-state index is 14.3. The molecule has 7 nitrogen and oxygen atoms in total. The Morgan fingerprint density at radius 1 is 1.12 bits per heavy atom. The smallest absolute Gasteiger partial charge is 0.354 e. The van der Waals surface area contributed by atoms with E-state index < -0.39 is 17.6 Å². The van der Waals surface area contributed by atoms with Crippen LogP contribution in [0.1, 0.15) is 23.0 Å². The molecule has 1 aliphatic heterocycles. The van der Waals surface area contributed by atoms with Gasteiger partial charge < -0.3 is 25.5 Å². The lowest BCUT2D eigenvalue weighted by Crippen LogP contribution is -2.36. The number of carboxylic acid groups (broad SMARTS) is 1. The van der Waals surface area contributed by atoms with Crippen molar-refractivity contribution in [2.24, 2.45) is 0 Å². The highest BCUT2D eigenvalue weighted by atomic mass is 19.1. The van der Waals surface area contributed by atoms with Gasteiger partial charge in [0.05, 0.1) is 18.9 Å². The van der Waals surface area contributed by atoms with Crippen LogP contribution >= 0.6 is 0 Å². The number of anilines is 3. The SMILES string of the molecule is CC(=N)c1c(-c2ccc(N3CCOCC3)cc2)cc(C(=O)O)nc1Nc1ccc(F)cc1F. The number of carbonyl (C=O) groups is 1. The van der Waals surface area contributed by atoms with E-state index in [9.17, 15) is 18.7 Å². The minimum absolute atomic E-state index is 0.000152. The molecule has 9 heteroatoms. The number of hydrogen-bond donors (Lipinski definition) is 3. The number of benzene rings is 2. The number of carboxylic acids is 1. The van der Waals surface area contributed by atoms with Gasteiger partial charge in [0.2, 0.25) is 0 Å². The highest BCUT2D eigenvalue weighted by Gasteiger charge is 2.20. The van der Waals surface area contributed by atoms with Crippen molar-refractivity contribution in [3.05, 3.63) is 71.4 Å². The number of morpholine rings is 1. The minimum Gasteiger partial charge on any atom is -0.477 e. The molecule has 2 heterocycles. The summed E-state index contributed by atoms with van der Waals surface area (Å²) in [6.07, 6.45) is 0. The van der Waals surface area contributed by atoms with Crippen LogP contribution in [-0.2, 0) is 4.74 Å². The van der Waals surface area contributed by atoms with Crippen LogP contribution < -0.4 is 10.2 Å². The average molecular weight is 452 g/mol. The lowest BCUT2D eigenvalue weighted by molar-refractivity contribution is 0.0690. The van der Waals surface area contributed by atoms with Crippen molar-refractivity contribution in [3.63, 3.8) is 0 Å². The maximum absolute atomic E-state index is 14.3. The first-order chi connectivity index (χ1) is 15.8. The van der Waals surface area contributed by atoms with Gasteiger partial charge in [0.1, 0.15) is 17.5 Å². The van der Waals surface area contributed by atoms with Crippen LogP contribution in [0, 0.1) is 17.0 Å². The van der Waals surface area contributed by atoms with Crippen molar-refractivity contribution in [2.45, 2.75) is 6.92 Å². The summed E-state index contributed by atoms with van der Waals surface area (Å²) in [5.41, 5.74) is 2.24. The van der Waals surface area contributed by atoms with Gasteiger partial charge in [-0.15, -0.1) is 0 Å². The molecule has 3 N–H and O–H groups in total. The summed E-state index contributed by atoms with van der Waals surface area (Å²) in [7, 11) is 0. The van der Waals surface area contributed by atoms with E-state index in [2.05, 4.69) is 15.2 Å². The molecule has 1 aliphatic rings. The van der Waals surface area contributed by atoms with E-state index in [-0.39, 0.29) is 22.9 Å². The fourth-order valence-corrected chi connectivity index (χ4v) is 3.74. The van der Waals surface area contributed by atoms with Gasteiger partial charge in [-0.25, -0.2) is 18.6 Å². The Morgan fingerprint density at radius 3 is 2.42 bits per heavy atom. The number of aromatic nitrogens is 1. The molecule has 4 rings (SSSR count). The average Bonchev–Trinajstić information content (AvgIpc) is 2.81. The number of rotatable bonds is 6. The van der Waals surface area contributed by atoms with Gasteiger partial charge in [-0.1, -0.05) is 12.1 Å². The highest BCUT2D eigenvalue weighted by Crippen LogP contribution is 2.33. The molecule has 1 aromatic heterocycles. The summed E-state index contributed by atoms with van der Waals surface area (Å²) in [4.78, 5) is 18.0. The van der Waals surface area contributed by atoms with E-state index in [0.717, 1.165) is 24.8 Å². The van der Waals surface area contributed by atoms with Gasteiger partial charge in [0.15, 0.2) is 5.69 Å². The topological polar surface area (TPSA) is 98.5 Å². The van der Waals surface area contributed by atoms with Crippen LogP contribution in [0.25, 0.3) is 11.1 Å². The molecule has 0 atom stereocenters. The van der Waals surface area contributed by atoms with Crippen LogP contribution in [0.2, 0.25) is 0 Å². The molecular formula is C24H22F2N4O3. The molecular weight excluding hydrogens is 430 g/mol. The molecule has 170 valence electrons. The molecule has 33 heavy (non-hydrogen) atoms. The Hall–Kier alpha value is -3.85. The van der Waals surface area contributed by atoms with E-state index >= 15 is 0 Å². The molecule has 0 saturated carbocycles. The first-order valence-electron chi connectivity index (χ1n) is 10.3. The van der Waals surface area contributed by atoms with Crippen molar-refractivity contribution in [2.75, 3.05) is 36.5 Å². The van der Waals surface area contributed by atoms with Gasteiger partial charge >= 0.3 is 5.97 Å². The van der Waals surface area contributed by atoms with E-state index in [1.54, 1.807) is 0 Å². The number of halogens is 2. The number of aromatic carboxylic acids is 1. The number of nitrogens with one attached hydrogen (secondary N) is 2. The molecule has 0 amide bonds. The number of hydrogen-bond acceptors (Lipinski definition) is 6. The quantitative estimate of drug-likeness (QED) is 0.469. The third-order valence-corrected chi connectivity index (χ3v) is 5.35. The minimum atomic E-state index is -1.27. The normalized spacial score (nSPS) is 13.6. The van der Waals surface area contributed by atoms with E-state index in [0.29, 0.717) is 36.0 Å². The van der Waals surface area contributed by atoms with Crippen LogP contribution in [0.5, 0.6) is 0 Å². The van der Waals surface area contributed by atoms with Gasteiger partial charge in [0.25, 0.3) is 0 Å². The molecule has 0 unspecified atom stereocenters. The molecule has 0 spiro atoms. The highest BCUT2D eigenvalue weighted by molar-refractivity contribution is 6.08. The molecule has 0 bridgehead atoms. The predicted octanol–water partition coefficient (Wildman–Crippen LogP) is 4.69. The van der Waals surface area contributed by atoms with Crippen molar-refractivity contribution in [1.29, 1.82) is 5.41 Å². The Morgan fingerprint density at radius 2 is 1.82 bits per heavy atom. The lowest BCUT2D eigenvalue weighted by atomic mass is 9.96. The Balaban J connectivity index is 1.79. The maximum Gasteiger partial charge on any atom is 0.354 e. The van der Waals surface area contributed by atoms with Crippen molar-refractivity contribution in [3.8, 4) is 11.1 Å². The third kappa shape index (κ3) is 4.83. The van der Waals surface area contributed by atoms with Crippen LogP contribution in [0.15, 0.2) is 48.5 Å². The summed E-state index contributed by atoms with van der Waals surface area (Å²) >= 11 is 0. The second kappa shape index (κ2) is 9.33. The Labute approximate surface area is 189 Å². The first kappa shape index (κ1) is 22.3. The Bertz CT molecular complexity index is 1210. The van der Waals surface area contributed by atoms with Gasteiger partial charge in [-0.2, -0.15) is 0 Å². The van der Waals surface area contributed by atoms with Crippen LogP contribution in [0.4, 0.5) is 26.0 Å². The fraction of sp³-hybridized carbons (Fsp3) is 0.208. The second-order valence-electron chi connectivity index (χ2n) is 7.60.